The second-order valence-electron chi connectivity index (χ2n) is 5.82. The Morgan fingerprint density at radius 2 is 1.96 bits per heavy atom. The van der Waals surface area contributed by atoms with Crippen LogP contribution in [-0.2, 0) is 16.1 Å². The number of nitrogens with zero attached hydrogens (tertiary/aromatic N) is 2. The summed E-state index contributed by atoms with van der Waals surface area (Å²) < 4.78 is 6.18. The highest BCUT2D eigenvalue weighted by Crippen LogP contribution is 2.28. The Labute approximate surface area is 170 Å². The zero-order valence-corrected chi connectivity index (χ0v) is 16.3. The van der Waals surface area contributed by atoms with Crippen LogP contribution < -0.4 is 16.2 Å². The van der Waals surface area contributed by atoms with Crippen LogP contribution in [0.2, 0.25) is 10.0 Å². The van der Waals surface area contributed by atoms with E-state index in [-0.39, 0.29) is 34.5 Å². The lowest BCUT2D eigenvalue weighted by Gasteiger charge is -2.29. The van der Waals surface area contributed by atoms with Crippen LogP contribution in [0.1, 0.15) is 18.5 Å². The van der Waals surface area contributed by atoms with Gasteiger partial charge in [0.2, 0.25) is 0 Å². The molecule has 0 saturated heterocycles. The van der Waals surface area contributed by atoms with Crippen LogP contribution in [0.5, 0.6) is 0 Å². The monoisotopic (exact) mass is 422 g/mol. The molecule has 28 heavy (non-hydrogen) atoms. The third-order valence-corrected chi connectivity index (χ3v) is 4.78. The van der Waals surface area contributed by atoms with Crippen LogP contribution in [0, 0.1) is 0 Å². The molecular formula is C18H16Cl2N4O4. The van der Waals surface area contributed by atoms with E-state index in [0.29, 0.717) is 5.56 Å². The molecule has 1 aromatic carbocycles. The van der Waals surface area contributed by atoms with Crippen LogP contribution in [0.3, 0.4) is 0 Å². The number of amides is 2. The van der Waals surface area contributed by atoms with Gasteiger partial charge in [-0.25, -0.2) is 14.3 Å². The standard InChI is InChI=1S/C18H16Cl2N4O4/c1-2-28-17(26)13-12(9-24-16(25)14(20)11(19)8-21-24)22-18(27)23-15(13)10-6-4-3-5-7-10/h3-8,15H,2,9H2,1H3,(H2,22,23,27). The Balaban J connectivity index is 2.11. The predicted molar refractivity (Wildman–Crippen MR) is 103 cm³/mol. The van der Waals surface area contributed by atoms with Gasteiger partial charge in [0.25, 0.3) is 5.56 Å². The first kappa shape index (κ1) is 19.9. The second kappa shape index (κ2) is 8.45. The summed E-state index contributed by atoms with van der Waals surface area (Å²) in [7, 11) is 0. The summed E-state index contributed by atoms with van der Waals surface area (Å²) in [5.74, 6) is -0.619. The van der Waals surface area contributed by atoms with Crippen molar-refractivity contribution in [1.29, 1.82) is 0 Å². The lowest BCUT2D eigenvalue weighted by molar-refractivity contribution is -0.139. The number of aromatic nitrogens is 2. The van der Waals surface area contributed by atoms with Gasteiger partial charge in [0.1, 0.15) is 5.02 Å². The number of nitrogens with one attached hydrogen (secondary N) is 2. The summed E-state index contributed by atoms with van der Waals surface area (Å²) in [4.78, 5) is 37.2. The zero-order valence-electron chi connectivity index (χ0n) is 14.7. The van der Waals surface area contributed by atoms with E-state index >= 15 is 0 Å². The molecule has 8 nitrogen and oxygen atoms in total. The number of ether oxygens (including phenoxy) is 1. The first-order valence-corrected chi connectivity index (χ1v) is 9.11. The number of rotatable bonds is 5. The van der Waals surface area contributed by atoms with Crippen LogP contribution in [0.4, 0.5) is 4.79 Å². The number of halogens is 2. The molecule has 0 spiro atoms. The molecule has 3 rings (SSSR count). The van der Waals surface area contributed by atoms with E-state index in [0.717, 1.165) is 4.68 Å². The molecule has 0 radical (unpaired) electrons. The molecule has 2 N–H and O–H groups in total. The highest BCUT2D eigenvalue weighted by molar-refractivity contribution is 6.41. The number of carbonyl (C=O) groups excluding carboxylic acids is 2. The average Bonchev–Trinajstić information content (AvgIpc) is 2.69. The minimum absolute atomic E-state index is 0.0130. The average molecular weight is 423 g/mol. The fraction of sp³-hybridized carbons (Fsp3) is 0.222. The number of esters is 1. The van der Waals surface area contributed by atoms with Gasteiger partial charge in [-0.2, -0.15) is 5.10 Å². The summed E-state index contributed by atoms with van der Waals surface area (Å²) in [5.41, 5.74) is 0.401. The molecule has 2 heterocycles. The Kier molecular flexibility index (Phi) is 6.01. The molecule has 1 aliphatic rings. The third-order valence-electron chi connectivity index (χ3n) is 4.03. The normalized spacial score (nSPS) is 16.4. The summed E-state index contributed by atoms with van der Waals surface area (Å²) in [5, 5.41) is 9.02. The van der Waals surface area contributed by atoms with Gasteiger partial charge in [0.05, 0.1) is 41.7 Å². The minimum Gasteiger partial charge on any atom is -0.463 e. The molecule has 1 aromatic heterocycles. The maximum absolute atomic E-state index is 12.7. The van der Waals surface area contributed by atoms with E-state index in [9.17, 15) is 14.4 Å². The van der Waals surface area contributed by atoms with Crippen molar-refractivity contribution >= 4 is 35.2 Å². The topological polar surface area (TPSA) is 102 Å². The van der Waals surface area contributed by atoms with Gasteiger partial charge >= 0.3 is 12.0 Å². The van der Waals surface area contributed by atoms with E-state index < -0.39 is 23.6 Å². The lowest BCUT2D eigenvalue weighted by atomic mass is 9.95. The van der Waals surface area contributed by atoms with Crippen molar-refractivity contribution in [3.8, 4) is 0 Å². The van der Waals surface area contributed by atoms with Crippen molar-refractivity contribution in [2.24, 2.45) is 0 Å². The molecule has 1 atom stereocenters. The minimum atomic E-state index is -0.748. The molecule has 1 unspecified atom stereocenters. The summed E-state index contributed by atoms with van der Waals surface area (Å²) in [6.07, 6.45) is 1.22. The Hall–Kier alpha value is -2.84. The largest absolute Gasteiger partial charge is 0.463 e. The van der Waals surface area contributed by atoms with E-state index in [1.165, 1.54) is 6.20 Å². The van der Waals surface area contributed by atoms with Gasteiger partial charge in [0.15, 0.2) is 0 Å². The first-order chi connectivity index (χ1) is 13.4. The van der Waals surface area contributed by atoms with E-state index in [1.807, 2.05) is 6.07 Å². The molecule has 1 aliphatic heterocycles. The fourth-order valence-electron chi connectivity index (χ4n) is 2.80. The van der Waals surface area contributed by atoms with Gasteiger partial charge in [-0.3, -0.25) is 4.79 Å². The van der Waals surface area contributed by atoms with E-state index in [2.05, 4.69) is 15.7 Å². The smallest absolute Gasteiger partial charge is 0.338 e. The van der Waals surface area contributed by atoms with Crippen molar-refractivity contribution in [2.75, 3.05) is 6.61 Å². The third kappa shape index (κ3) is 4.02. The number of carbonyl (C=O) groups is 2. The predicted octanol–water partition coefficient (Wildman–Crippen LogP) is 2.42. The SMILES string of the molecule is CCOC(=O)C1=C(Cn2ncc(Cl)c(Cl)c2=O)NC(=O)NC1c1ccccc1. The number of hydrogen-bond acceptors (Lipinski definition) is 5. The van der Waals surface area contributed by atoms with Gasteiger partial charge in [-0.05, 0) is 12.5 Å². The van der Waals surface area contributed by atoms with Gasteiger partial charge < -0.3 is 15.4 Å². The quantitative estimate of drug-likeness (QED) is 0.720. The van der Waals surface area contributed by atoms with Crippen molar-refractivity contribution in [2.45, 2.75) is 19.5 Å². The van der Waals surface area contributed by atoms with E-state index in [4.69, 9.17) is 27.9 Å². The van der Waals surface area contributed by atoms with Crippen LogP contribution in [0.15, 0.2) is 52.6 Å². The number of urea groups is 1. The van der Waals surface area contributed by atoms with Crippen molar-refractivity contribution < 1.29 is 14.3 Å². The van der Waals surface area contributed by atoms with Crippen molar-refractivity contribution in [3.63, 3.8) is 0 Å². The molecule has 0 aliphatic carbocycles. The van der Waals surface area contributed by atoms with Gasteiger partial charge in [-0.15, -0.1) is 0 Å². The lowest BCUT2D eigenvalue weighted by Crippen LogP contribution is -2.47. The zero-order chi connectivity index (χ0) is 20.3. The summed E-state index contributed by atoms with van der Waals surface area (Å²) in [6, 6.07) is 7.68. The van der Waals surface area contributed by atoms with Gasteiger partial charge in [0, 0.05) is 0 Å². The highest BCUT2D eigenvalue weighted by Gasteiger charge is 2.34. The van der Waals surface area contributed by atoms with Crippen LogP contribution in [-0.4, -0.2) is 28.4 Å². The molecule has 0 fully saturated rings. The fourth-order valence-corrected chi connectivity index (χ4v) is 3.07. The molecule has 0 saturated carbocycles. The molecule has 2 aromatic rings. The number of benzene rings is 1. The number of allylic oxidation sites excluding steroid dienone is 1. The van der Waals surface area contributed by atoms with Gasteiger partial charge in [-0.1, -0.05) is 53.5 Å². The first-order valence-electron chi connectivity index (χ1n) is 8.36. The summed E-state index contributed by atoms with van der Waals surface area (Å²) in [6.45, 7) is 1.63. The van der Waals surface area contributed by atoms with Crippen molar-refractivity contribution in [1.82, 2.24) is 20.4 Å². The molecule has 0 bridgehead atoms. The number of hydrogen-bond donors (Lipinski definition) is 2. The maximum atomic E-state index is 12.7. The summed E-state index contributed by atoms with van der Waals surface area (Å²) >= 11 is 11.7. The Morgan fingerprint density at radius 3 is 2.64 bits per heavy atom. The highest BCUT2D eigenvalue weighted by atomic mass is 35.5. The van der Waals surface area contributed by atoms with E-state index in [1.54, 1.807) is 31.2 Å². The molecule has 2 amide bonds. The van der Waals surface area contributed by atoms with Crippen LogP contribution >= 0.6 is 23.2 Å². The molecular weight excluding hydrogens is 407 g/mol. The maximum Gasteiger partial charge on any atom is 0.338 e. The Morgan fingerprint density at radius 1 is 1.25 bits per heavy atom. The second-order valence-corrected chi connectivity index (χ2v) is 6.61. The molecule has 146 valence electrons. The van der Waals surface area contributed by atoms with Crippen LogP contribution in [0.25, 0.3) is 0 Å². The van der Waals surface area contributed by atoms with Crippen molar-refractivity contribution in [3.05, 3.63) is 73.8 Å². The Bertz CT molecular complexity index is 1000. The molecule has 10 heteroatoms.